The zero-order valence-electron chi connectivity index (χ0n) is 16.9. The Morgan fingerprint density at radius 1 is 1.00 bits per heavy atom. The van der Waals surface area contributed by atoms with Gasteiger partial charge in [-0.2, -0.15) is 13.2 Å². The molecule has 0 heterocycles. The minimum absolute atomic E-state index is 0. The number of sulfonamides is 1. The largest absolute Gasteiger partial charge is 0.416 e. The van der Waals surface area contributed by atoms with E-state index in [0.717, 1.165) is 17.7 Å². The summed E-state index contributed by atoms with van der Waals surface area (Å²) in [7, 11) is -3.50. The van der Waals surface area contributed by atoms with Crippen LogP contribution >= 0.6 is 24.0 Å². The van der Waals surface area contributed by atoms with E-state index in [4.69, 9.17) is 0 Å². The van der Waals surface area contributed by atoms with Crippen LogP contribution < -0.4 is 15.4 Å². The molecule has 0 aliphatic carbocycles. The van der Waals surface area contributed by atoms with Gasteiger partial charge in [0.05, 0.1) is 17.9 Å². The Bertz CT molecular complexity index is 939. The number of guanidine groups is 1. The molecule has 2 aromatic rings. The lowest BCUT2D eigenvalue weighted by Gasteiger charge is -2.12. The van der Waals surface area contributed by atoms with Gasteiger partial charge in [-0.1, -0.05) is 42.5 Å². The third-order valence-corrected chi connectivity index (χ3v) is 5.35. The first-order chi connectivity index (χ1) is 14.2. The number of nitrogens with zero attached hydrogens (tertiary/aromatic N) is 1. The van der Waals surface area contributed by atoms with Crippen LogP contribution in [0.25, 0.3) is 0 Å². The fraction of sp³-hybridized carbons (Fsp3) is 0.350. The molecular formula is C20H26F3IN4O2S. The molecule has 0 atom stereocenters. The molecule has 0 bridgehead atoms. The van der Waals surface area contributed by atoms with Crippen LogP contribution in [0.2, 0.25) is 0 Å². The highest BCUT2D eigenvalue weighted by Crippen LogP contribution is 2.29. The standard InChI is InChI=1S/C20H25F3N4O2S.HI/c1-2-24-19(26-14-17-9-6-10-18(13-17)20(21,22)23)25-11-12-30(28,29)27-15-16-7-4-3-5-8-16;/h3-10,13,27H,2,11-12,14-15H2,1H3,(H2,24,25,26);1H. The first-order valence-corrected chi connectivity index (χ1v) is 11.0. The molecule has 31 heavy (non-hydrogen) atoms. The van der Waals surface area contributed by atoms with Gasteiger partial charge in [0.15, 0.2) is 5.96 Å². The van der Waals surface area contributed by atoms with Crippen LogP contribution in [0.1, 0.15) is 23.6 Å². The van der Waals surface area contributed by atoms with Gasteiger partial charge in [0, 0.05) is 19.6 Å². The van der Waals surface area contributed by atoms with Crippen molar-refractivity contribution in [1.82, 2.24) is 15.4 Å². The molecule has 3 N–H and O–H groups in total. The lowest BCUT2D eigenvalue weighted by molar-refractivity contribution is -0.137. The van der Waals surface area contributed by atoms with Crippen molar-refractivity contribution in [3.8, 4) is 0 Å². The number of hydrogen-bond donors (Lipinski definition) is 3. The summed E-state index contributed by atoms with van der Waals surface area (Å²) in [6, 6.07) is 14.1. The number of hydrogen-bond acceptors (Lipinski definition) is 3. The van der Waals surface area contributed by atoms with Gasteiger partial charge >= 0.3 is 6.18 Å². The van der Waals surface area contributed by atoms with Crippen LogP contribution in [0.3, 0.4) is 0 Å². The summed E-state index contributed by atoms with van der Waals surface area (Å²) in [5.74, 6) is 0.154. The molecule has 0 aliphatic rings. The molecule has 2 aromatic carbocycles. The molecule has 0 amide bonds. The number of nitrogens with one attached hydrogen (secondary N) is 3. The third-order valence-electron chi connectivity index (χ3n) is 4.02. The monoisotopic (exact) mass is 570 g/mol. The van der Waals surface area contributed by atoms with Crippen LogP contribution in [0, 0.1) is 0 Å². The average Bonchev–Trinajstić information content (AvgIpc) is 2.71. The van der Waals surface area contributed by atoms with Crippen molar-refractivity contribution in [2.45, 2.75) is 26.2 Å². The van der Waals surface area contributed by atoms with E-state index in [0.29, 0.717) is 18.1 Å². The highest BCUT2D eigenvalue weighted by molar-refractivity contribution is 14.0. The minimum Gasteiger partial charge on any atom is -0.357 e. The fourth-order valence-electron chi connectivity index (χ4n) is 2.52. The van der Waals surface area contributed by atoms with Crippen molar-refractivity contribution < 1.29 is 21.6 Å². The van der Waals surface area contributed by atoms with Gasteiger partial charge in [0.1, 0.15) is 0 Å². The molecule has 0 unspecified atom stereocenters. The number of benzene rings is 2. The smallest absolute Gasteiger partial charge is 0.357 e. The molecule has 0 saturated carbocycles. The number of aliphatic imine (C=N–C) groups is 1. The Kier molecular flexibility index (Phi) is 11.3. The number of alkyl halides is 3. The Labute approximate surface area is 197 Å². The van der Waals surface area contributed by atoms with Crippen LogP contribution in [-0.4, -0.2) is 33.2 Å². The van der Waals surface area contributed by atoms with E-state index in [-0.39, 0.29) is 49.4 Å². The van der Waals surface area contributed by atoms with Gasteiger partial charge in [-0.05, 0) is 30.2 Å². The summed E-state index contributed by atoms with van der Waals surface area (Å²) in [4.78, 5) is 4.23. The molecule has 0 saturated heterocycles. The number of halogens is 4. The van der Waals surface area contributed by atoms with Gasteiger partial charge in [0.25, 0.3) is 0 Å². The Morgan fingerprint density at radius 3 is 2.32 bits per heavy atom. The molecule has 6 nitrogen and oxygen atoms in total. The maximum Gasteiger partial charge on any atom is 0.416 e. The second-order valence-corrected chi connectivity index (χ2v) is 8.37. The summed E-state index contributed by atoms with van der Waals surface area (Å²) in [6.45, 7) is 2.68. The average molecular weight is 570 g/mol. The van der Waals surface area contributed by atoms with E-state index in [1.165, 1.54) is 6.07 Å². The van der Waals surface area contributed by atoms with E-state index in [1.54, 1.807) is 6.07 Å². The topological polar surface area (TPSA) is 82.6 Å². The fourth-order valence-corrected chi connectivity index (χ4v) is 3.42. The van der Waals surface area contributed by atoms with Crippen molar-refractivity contribution >= 4 is 40.0 Å². The zero-order chi connectivity index (χ0) is 22.0. The highest BCUT2D eigenvalue weighted by atomic mass is 127. The maximum absolute atomic E-state index is 12.8. The highest BCUT2D eigenvalue weighted by Gasteiger charge is 2.30. The maximum atomic E-state index is 12.8. The number of rotatable bonds is 9. The van der Waals surface area contributed by atoms with Crippen molar-refractivity contribution in [3.63, 3.8) is 0 Å². The van der Waals surface area contributed by atoms with E-state index < -0.39 is 21.8 Å². The Hall–Kier alpha value is -1.86. The lowest BCUT2D eigenvalue weighted by Crippen LogP contribution is -2.41. The molecule has 172 valence electrons. The summed E-state index contributed by atoms with van der Waals surface area (Å²) >= 11 is 0. The predicted molar refractivity (Wildman–Crippen MR) is 127 cm³/mol. The van der Waals surface area contributed by atoms with Crippen LogP contribution in [-0.2, 0) is 29.3 Å². The molecule has 0 fully saturated rings. The summed E-state index contributed by atoms with van der Waals surface area (Å²) < 4.78 is 65.2. The SMILES string of the molecule is CCNC(=NCc1cccc(C(F)(F)F)c1)NCCS(=O)(=O)NCc1ccccc1.I. The molecule has 0 aliphatic heterocycles. The van der Waals surface area contributed by atoms with Crippen molar-refractivity contribution in [1.29, 1.82) is 0 Å². The first kappa shape index (κ1) is 27.2. The molecule has 0 aromatic heterocycles. The van der Waals surface area contributed by atoms with Crippen LogP contribution in [0.15, 0.2) is 59.6 Å². The van der Waals surface area contributed by atoms with E-state index in [1.807, 2.05) is 37.3 Å². The quantitative estimate of drug-likeness (QED) is 0.245. The summed E-state index contributed by atoms with van der Waals surface area (Å²) in [5, 5.41) is 5.83. The molecule has 0 radical (unpaired) electrons. The Morgan fingerprint density at radius 2 is 1.68 bits per heavy atom. The van der Waals surface area contributed by atoms with Gasteiger partial charge in [0.2, 0.25) is 10.0 Å². The third kappa shape index (κ3) is 10.3. The van der Waals surface area contributed by atoms with E-state index >= 15 is 0 Å². The molecular weight excluding hydrogens is 544 g/mol. The zero-order valence-corrected chi connectivity index (χ0v) is 20.1. The van der Waals surface area contributed by atoms with Crippen LogP contribution in [0.4, 0.5) is 13.2 Å². The van der Waals surface area contributed by atoms with Crippen LogP contribution in [0.5, 0.6) is 0 Å². The molecule has 11 heteroatoms. The van der Waals surface area contributed by atoms with E-state index in [9.17, 15) is 21.6 Å². The van der Waals surface area contributed by atoms with Crippen molar-refractivity contribution in [2.24, 2.45) is 4.99 Å². The minimum atomic E-state index is -4.41. The summed E-state index contributed by atoms with van der Waals surface area (Å²) in [5.41, 5.74) is 0.521. The first-order valence-electron chi connectivity index (χ1n) is 9.39. The Balaban J connectivity index is 0.00000480. The van der Waals surface area contributed by atoms with Crippen molar-refractivity contribution in [2.75, 3.05) is 18.8 Å². The summed E-state index contributed by atoms with van der Waals surface area (Å²) in [6.07, 6.45) is -4.41. The lowest BCUT2D eigenvalue weighted by atomic mass is 10.1. The molecule has 0 spiro atoms. The van der Waals surface area contributed by atoms with Gasteiger partial charge in [-0.15, -0.1) is 24.0 Å². The second kappa shape index (κ2) is 12.9. The van der Waals surface area contributed by atoms with E-state index in [2.05, 4.69) is 20.3 Å². The normalized spacial score (nSPS) is 12.2. The van der Waals surface area contributed by atoms with Gasteiger partial charge in [-0.3, -0.25) is 0 Å². The predicted octanol–water partition coefficient (Wildman–Crippen LogP) is 3.50. The van der Waals surface area contributed by atoms with Crippen molar-refractivity contribution in [3.05, 3.63) is 71.3 Å². The van der Waals surface area contributed by atoms with Gasteiger partial charge in [-0.25, -0.2) is 18.1 Å². The van der Waals surface area contributed by atoms with Gasteiger partial charge < -0.3 is 10.6 Å². The second-order valence-electron chi connectivity index (χ2n) is 6.45. The molecule has 2 rings (SSSR count).